The Bertz CT molecular complexity index is 652. The predicted octanol–water partition coefficient (Wildman–Crippen LogP) is 4.29. The number of aryl methyl sites for hydroxylation is 1. The summed E-state index contributed by atoms with van der Waals surface area (Å²) in [5, 5.41) is 2.91. The van der Waals surface area contributed by atoms with Crippen LogP contribution >= 0.6 is 11.6 Å². The van der Waals surface area contributed by atoms with Gasteiger partial charge in [-0.2, -0.15) is 13.2 Å². The van der Waals surface area contributed by atoms with Gasteiger partial charge < -0.3 is 9.88 Å². The molecule has 1 atom stereocenters. The van der Waals surface area contributed by atoms with Crippen LogP contribution in [0, 0.1) is 12.8 Å². The second-order valence-corrected chi connectivity index (χ2v) is 6.08. The molecule has 0 radical (unpaired) electrons. The van der Waals surface area contributed by atoms with E-state index in [0.29, 0.717) is 24.6 Å². The maximum absolute atomic E-state index is 12.8. The quantitative estimate of drug-likeness (QED) is 0.846. The van der Waals surface area contributed by atoms with Crippen LogP contribution in [0.4, 0.5) is 13.2 Å². The van der Waals surface area contributed by atoms with Gasteiger partial charge in [0, 0.05) is 25.5 Å². The first-order valence-corrected chi connectivity index (χ1v) is 7.69. The second kappa shape index (κ2) is 7.36. The van der Waals surface area contributed by atoms with Gasteiger partial charge in [-0.3, -0.25) is 0 Å². The summed E-state index contributed by atoms with van der Waals surface area (Å²) in [6.45, 7) is 5.89. The van der Waals surface area contributed by atoms with Gasteiger partial charge in [0.25, 0.3) is 0 Å². The first-order chi connectivity index (χ1) is 10.8. The lowest BCUT2D eigenvalue weighted by Crippen LogP contribution is -2.24. The van der Waals surface area contributed by atoms with Crippen LogP contribution < -0.4 is 5.32 Å². The van der Waals surface area contributed by atoms with Gasteiger partial charge in [0.2, 0.25) is 0 Å². The van der Waals surface area contributed by atoms with E-state index in [1.165, 1.54) is 6.07 Å². The van der Waals surface area contributed by atoms with Crippen LogP contribution in [0.3, 0.4) is 0 Å². The van der Waals surface area contributed by atoms with Crippen molar-refractivity contribution in [3.63, 3.8) is 0 Å². The molecule has 1 N–H and O–H groups in total. The highest BCUT2D eigenvalue weighted by Crippen LogP contribution is 2.35. The van der Waals surface area contributed by atoms with E-state index in [4.69, 9.17) is 11.6 Å². The molecular weight excluding hydrogens is 327 g/mol. The van der Waals surface area contributed by atoms with Crippen LogP contribution in [0.5, 0.6) is 0 Å². The van der Waals surface area contributed by atoms with Crippen LogP contribution in [0.1, 0.15) is 23.9 Å². The number of aromatic nitrogens is 2. The average molecular weight is 346 g/mol. The number of hydrogen-bond acceptors (Lipinski definition) is 2. The van der Waals surface area contributed by atoms with Crippen molar-refractivity contribution in [1.29, 1.82) is 0 Å². The first kappa shape index (κ1) is 17.8. The van der Waals surface area contributed by atoms with Gasteiger partial charge in [0.05, 0.1) is 10.6 Å². The zero-order valence-corrected chi connectivity index (χ0v) is 13.7. The Morgan fingerprint density at radius 3 is 2.70 bits per heavy atom. The van der Waals surface area contributed by atoms with Crippen molar-refractivity contribution in [2.24, 2.45) is 5.92 Å². The number of alkyl halides is 3. The molecule has 0 saturated carbocycles. The number of rotatable bonds is 6. The van der Waals surface area contributed by atoms with Gasteiger partial charge in [-0.25, -0.2) is 4.98 Å². The molecule has 2 rings (SSSR count). The molecule has 2 aromatic rings. The van der Waals surface area contributed by atoms with Crippen molar-refractivity contribution in [1.82, 2.24) is 14.9 Å². The van der Waals surface area contributed by atoms with Crippen molar-refractivity contribution in [2.45, 2.75) is 33.1 Å². The minimum absolute atomic E-state index is 0.273. The van der Waals surface area contributed by atoms with E-state index in [1.807, 2.05) is 13.1 Å². The van der Waals surface area contributed by atoms with Gasteiger partial charge in [0.15, 0.2) is 0 Å². The molecule has 126 valence electrons. The van der Waals surface area contributed by atoms with E-state index >= 15 is 0 Å². The summed E-state index contributed by atoms with van der Waals surface area (Å²) < 4.78 is 40.5. The van der Waals surface area contributed by atoms with Crippen LogP contribution in [-0.4, -0.2) is 16.1 Å². The third-order valence-corrected chi connectivity index (χ3v) is 3.92. The Balaban J connectivity index is 1.88. The highest BCUT2D eigenvalue weighted by Gasteiger charge is 2.33. The summed E-state index contributed by atoms with van der Waals surface area (Å²) in [5.74, 6) is 1.28. The highest BCUT2D eigenvalue weighted by molar-refractivity contribution is 6.31. The number of nitrogens with zero attached hydrogens (tertiary/aromatic N) is 2. The Kier molecular flexibility index (Phi) is 5.70. The molecule has 1 heterocycles. The monoisotopic (exact) mass is 345 g/mol. The maximum atomic E-state index is 12.8. The molecule has 7 heteroatoms. The first-order valence-electron chi connectivity index (χ1n) is 7.31. The summed E-state index contributed by atoms with van der Waals surface area (Å²) in [6, 6.07) is 3.99. The molecule has 23 heavy (non-hydrogen) atoms. The average Bonchev–Trinajstić information content (AvgIpc) is 2.85. The molecule has 0 fully saturated rings. The van der Waals surface area contributed by atoms with Crippen molar-refractivity contribution < 1.29 is 13.2 Å². The molecule has 0 spiro atoms. The standard InChI is InChI=1S/C16H19ClF3N3/c1-11(10-23-6-5-22-12(23)2)8-21-9-13-3-4-15(17)14(7-13)16(18,19)20/h3-7,11,21H,8-10H2,1-2H3. The van der Waals surface area contributed by atoms with Gasteiger partial charge in [-0.05, 0) is 37.1 Å². The second-order valence-electron chi connectivity index (χ2n) is 5.67. The summed E-state index contributed by atoms with van der Waals surface area (Å²) >= 11 is 5.61. The van der Waals surface area contributed by atoms with Crippen LogP contribution in [-0.2, 0) is 19.3 Å². The molecule has 3 nitrogen and oxygen atoms in total. The molecule has 0 aliphatic rings. The van der Waals surface area contributed by atoms with E-state index in [9.17, 15) is 13.2 Å². The van der Waals surface area contributed by atoms with Crippen LogP contribution in [0.25, 0.3) is 0 Å². The molecule has 1 aromatic heterocycles. The molecule has 0 saturated heterocycles. The fourth-order valence-corrected chi connectivity index (χ4v) is 2.58. The normalized spacial score (nSPS) is 13.3. The molecule has 0 bridgehead atoms. The van der Waals surface area contributed by atoms with Gasteiger partial charge in [-0.15, -0.1) is 0 Å². The summed E-state index contributed by atoms with van der Waals surface area (Å²) in [6.07, 6.45) is -0.762. The lowest BCUT2D eigenvalue weighted by Gasteiger charge is -2.15. The summed E-state index contributed by atoms with van der Waals surface area (Å²) in [7, 11) is 0. The van der Waals surface area contributed by atoms with Gasteiger partial charge in [-0.1, -0.05) is 24.6 Å². The molecule has 1 unspecified atom stereocenters. The lowest BCUT2D eigenvalue weighted by molar-refractivity contribution is -0.137. The Hall–Kier alpha value is -1.53. The number of imidazole rings is 1. The van der Waals surface area contributed by atoms with E-state index in [-0.39, 0.29) is 5.02 Å². The zero-order valence-electron chi connectivity index (χ0n) is 13.0. The zero-order chi connectivity index (χ0) is 17.0. The molecule has 0 amide bonds. The predicted molar refractivity (Wildman–Crippen MR) is 84.3 cm³/mol. The van der Waals surface area contributed by atoms with Crippen molar-refractivity contribution >= 4 is 11.6 Å². The van der Waals surface area contributed by atoms with Gasteiger partial charge >= 0.3 is 6.18 Å². The fraction of sp³-hybridized carbons (Fsp3) is 0.438. The van der Waals surface area contributed by atoms with Crippen LogP contribution in [0.15, 0.2) is 30.6 Å². The van der Waals surface area contributed by atoms with E-state index < -0.39 is 11.7 Å². The van der Waals surface area contributed by atoms with E-state index in [2.05, 4.69) is 21.8 Å². The number of halogens is 4. The molecule has 0 aliphatic heterocycles. The van der Waals surface area contributed by atoms with Crippen molar-refractivity contribution in [3.05, 3.63) is 52.6 Å². The SMILES string of the molecule is Cc1nccn1CC(C)CNCc1ccc(Cl)c(C(F)(F)F)c1. The van der Waals surface area contributed by atoms with Gasteiger partial charge in [0.1, 0.15) is 5.82 Å². The number of hydrogen-bond donors (Lipinski definition) is 1. The largest absolute Gasteiger partial charge is 0.417 e. The van der Waals surface area contributed by atoms with Crippen LogP contribution in [0.2, 0.25) is 5.02 Å². The number of nitrogens with one attached hydrogen (secondary N) is 1. The molecule has 1 aromatic carbocycles. The van der Waals surface area contributed by atoms with Crippen molar-refractivity contribution in [2.75, 3.05) is 6.54 Å². The minimum atomic E-state index is -4.43. The molecular formula is C16H19ClF3N3. The maximum Gasteiger partial charge on any atom is 0.417 e. The highest BCUT2D eigenvalue weighted by atomic mass is 35.5. The van der Waals surface area contributed by atoms with E-state index in [1.54, 1.807) is 12.3 Å². The lowest BCUT2D eigenvalue weighted by atomic mass is 10.1. The number of benzene rings is 1. The third-order valence-electron chi connectivity index (χ3n) is 3.59. The summed E-state index contributed by atoms with van der Waals surface area (Å²) in [5.41, 5.74) is -0.228. The fourth-order valence-electron chi connectivity index (χ4n) is 2.36. The third kappa shape index (κ3) is 4.97. The van der Waals surface area contributed by atoms with E-state index in [0.717, 1.165) is 18.4 Å². The summed E-state index contributed by atoms with van der Waals surface area (Å²) in [4.78, 5) is 4.16. The molecule has 0 aliphatic carbocycles. The Morgan fingerprint density at radius 1 is 1.35 bits per heavy atom. The topological polar surface area (TPSA) is 29.9 Å². The Labute approximate surface area is 138 Å². The smallest absolute Gasteiger partial charge is 0.335 e. The Morgan fingerprint density at radius 2 is 2.09 bits per heavy atom. The minimum Gasteiger partial charge on any atom is -0.335 e. The van der Waals surface area contributed by atoms with Crippen molar-refractivity contribution in [3.8, 4) is 0 Å².